The first-order chi connectivity index (χ1) is 9.45. The van der Waals surface area contributed by atoms with E-state index in [-0.39, 0.29) is 0 Å². The predicted molar refractivity (Wildman–Crippen MR) is 91.7 cm³/mol. The number of rotatable bonds is 5. The zero-order valence-electron chi connectivity index (χ0n) is 15.0. The first-order valence-electron chi connectivity index (χ1n) is 9.26. The molecule has 0 aromatic heterocycles. The van der Waals surface area contributed by atoms with Gasteiger partial charge < -0.3 is 5.92 Å². The predicted octanol–water partition coefficient (Wildman–Crippen LogP) is 6.90. The van der Waals surface area contributed by atoms with E-state index in [9.17, 15) is 0 Å². The Morgan fingerprint density at radius 1 is 0.950 bits per heavy atom. The van der Waals surface area contributed by atoms with Crippen LogP contribution in [0.1, 0.15) is 92.9 Å². The van der Waals surface area contributed by atoms with Gasteiger partial charge in [-0.2, -0.15) is 19.8 Å². The second-order valence-corrected chi connectivity index (χ2v) is 8.01. The van der Waals surface area contributed by atoms with E-state index in [2.05, 4.69) is 41.5 Å². The molecule has 0 aromatic carbocycles. The summed E-state index contributed by atoms with van der Waals surface area (Å²) >= 11 is 0. The summed E-state index contributed by atoms with van der Waals surface area (Å²) in [5.41, 5.74) is 0. The Morgan fingerprint density at radius 2 is 1.55 bits per heavy atom. The van der Waals surface area contributed by atoms with E-state index in [0.717, 1.165) is 29.6 Å². The molecule has 0 nitrogen and oxygen atoms in total. The SMILES string of the molecule is CCC(C)C(C)CC1CCC[C-](C)CCCC1C(C)C. The third-order valence-corrected chi connectivity index (χ3v) is 6.07. The van der Waals surface area contributed by atoms with Gasteiger partial charge in [0.1, 0.15) is 0 Å². The monoisotopic (exact) mass is 279 g/mol. The normalized spacial score (nSPS) is 29.6. The minimum atomic E-state index is 0.863. The maximum Gasteiger partial charge on any atom is -0.0364 e. The third kappa shape index (κ3) is 5.78. The minimum Gasteiger partial charge on any atom is -0.317 e. The molecule has 0 amide bonds. The molecule has 1 saturated carbocycles. The maximum absolute atomic E-state index is 2.50. The Labute approximate surface area is 129 Å². The Kier molecular flexibility index (Phi) is 8.22. The van der Waals surface area contributed by atoms with Crippen LogP contribution in [-0.4, -0.2) is 0 Å². The molecule has 0 N–H and O–H groups in total. The van der Waals surface area contributed by atoms with E-state index in [1.54, 1.807) is 5.92 Å². The molecule has 0 radical (unpaired) electrons. The Bertz CT molecular complexity index is 242. The fraction of sp³-hybridized carbons (Fsp3) is 0.950. The summed E-state index contributed by atoms with van der Waals surface area (Å²) in [6, 6.07) is 0. The molecule has 0 spiro atoms. The van der Waals surface area contributed by atoms with Crippen LogP contribution in [0.2, 0.25) is 0 Å². The van der Waals surface area contributed by atoms with Crippen molar-refractivity contribution in [3.63, 3.8) is 0 Å². The van der Waals surface area contributed by atoms with Crippen LogP contribution in [0.4, 0.5) is 0 Å². The second-order valence-electron chi connectivity index (χ2n) is 8.01. The van der Waals surface area contributed by atoms with Crippen molar-refractivity contribution >= 4 is 0 Å². The van der Waals surface area contributed by atoms with Gasteiger partial charge in [0.25, 0.3) is 0 Å². The van der Waals surface area contributed by atoms with Crippen LogP contribution in [0.15, 0.2) is 0 Å². The largest absolute Gasteiger partial charge is 0.317 e. The average molecular weight is 280 g/mol. The fourth-order valence-corrected chi connectivity index (χ4v) is 4.16. The van der Waals surface area contributed by atoms with Crippen LogP contribution in [0.3, 0.4) is 0 Å². The van der Waals surface area contributed by atoms with Crippen LogP contribution >= 0.6 is 0 Å². The second kappa shape index (κ2) is 9.11. The highest BCUT2D eigenvalue weighted by Crippen LogP contribution is 2.38. The van der Waals surface area contributed by atoms with Gasteiger partial charge >= 0.3 is 0 Å². The summed E-state index contributed by atoms with van der Waals surface area (Å²) in [5, 5.41) is 0. The summed E-state index contributed by atoms with van der Waals surface area (Å²) in [6.45, 7) is 14.6. The van der Waals surface area contributed by atoms with E-state index >= 15 is 0 Å². The Hall–Kier alpha value is 0. The van der Waals surface area contributed by atoms with Crippen LogP contribution in [0.25, 0.3) is 0 Å². The van der Waals surface area contributed by atoms with E-state index < -0.39 is 0 Å². The first kappa shape index (κ1) is 18.1. The standard InChI is InChI=1S/C20H39/c1-7-17(5)18(6)14-19-12-8-10-16(4)11-9-13-20(19)15(2)3/h15,17-20H,7-14H2,1-6H3/q-1. The summed E-state index contributed by atoms with van der Waals surface area (Å²) in [4.78, 5) is 0. The summed E-state index contributed by atoms with van der Waals surface area (Å²) in [7, 11) is 0. The lowest BCUT2D eigenvalue weighted by atomic mass is 9.72. The van der Waals surface area contributed by atoms with Gasteiger partial charge in [-0.15, -0.1) is 0 Å². The molecule has 0 saturated heterocycles. The molecule has 4 atom stereocenters. The molecule has 0 heteroatoms. The number of hydrogen-bond donors (Lipinski definition) is 0. The van der Waals surface area contributed by atoms with Gasteiger partial charge in [0.2, 0.25) is 0 Å². The summed E-state index contributed by atoms with van der Waals surface area (Å²) in [5.74, 6) is 6.35. The highest BCUT2D eigenvalue weighted by molar-refractivity contribution is 4.87. The van der Waals surface area contributed by atoms with Crippen LogP contribution in [-0.2, 0) is 0 Å². The quantitative estimate of drug-likeness (QED) is 0.480. The van der Waals surface area contributed by atoms with Gasteiger partial charge in [-0.05, 0) is 36.0 Å². The van der Waals surface area contributed by atoms with Crippen molar-refractivity contribution in [2.45, 2.75) is 92.9 Å². The minimum absolute atomic E-state index is 0.863. The lowest BCUT2D eigenvalue weighted by Gasteiger charge is -2.33. The molecule has 0 aromatic rings. The maximum atomic E-state index is 2.50. The van der Waals surface area contributed by atoms with Crippen molar-refractivity contribution in [1.29, 1.82) is 0 Å². The van der Waals surface area contributed by atoms with E-state index in [1.807, 2.05) is 0 Å². The molecule has 20 heavy (non-hydrogen) atoms. The van der Waals surface area contributed by atoms with Gasteiger partial charge in [-0.1, -0.05) is 66.7 Å². The van der Waals surface area contributed by atoms with Crippen LogP contribution in [0, 0.1) is 35.5 Å². The molecule has 1 aliphatic rings. The lowest BCUT2D eigenvalue weighted by Crippen LogP contribution is -2.24. The first-order valence-corrected chi connectivity index (χ1v) is 9.26. The molecule has 0 heterocycles. The molecule has 0 aliphatic heterocycles. The van der Waals surface area contributed by atoms with Crippen molar-refractivity contribution in [3.8, 4) is 0 Å². The van der Waals surface area contributed by atoms with E-state index in [0.29, 0.717) is 0 Å². The highest BCUT2D eigenvalue weighted by Gasteiger charge is 2.27. The lowest BCUT2D eigenvalue weighted by molar-refractivity contribution is 0.170. The smallest absolute Gasteiger partial charge is 0.0364 e. The van der Waals surface area contributed by atoms with Crippen molar-refractivity contribution in [2.24, 2.45) is 29.6 Å². The van der Waals surface area contributed by atoms with E-state index in [1.165, 1.54) is 51.4 Å². The van der Waals surface area contributed by atoms with Crippen LogP contribution < -0.4 is 0 Å². The average Bonchev–Trinajstić information content (AvgIpc) is 2.48. The molecular weight excluding hydrogens is 240 g/mol. The topological polar surface area (TPSA) is 0 Å². The van der Waals surface area contributed by atoms with Crippen molar-refractivity contribution in [2.75, 3.05) is 0 Å². The molecular formula is C20H39-. The highest BCUT2D eigenvalue weighted by atomic mass is 14.3. The van der Waals surface area contributed by atoms with Crippen LogP contribution in [0.5, 0.6) is 0 Å². The molecule has 1 aliphatic carbocycles. The zero-order chi connectivity index (χ0) is 15.1. The van der Waals surface area contributed by atoms with Gasteiger partial charge in [-0.25, -0.2) is 0 Å². The summed E-state index contributed by atoms with van der Waals surface area (Å²) in [6.07, 6.45) is 11.4. The molecule has 1 fully saturated rings. The van der Waals surface area contributed by atoms with Crippen molar-refractivity contribution in [3.05, 3.63) is 5.92 Å². The molecule has 4 unspecified atom stereocenters. The third-order valence-electron chi connectivity index (χ3n) is 6.07. The van der Waals surface area contributed by atoms with Crippen molar-refractivity contribution < 1.29 is 0 Å². The van der Waals surface area contributed by atoms with Gasteiger partial charge in [0, 0.05) is 0 Å². The van der Waals surface area contributed by atoms with Gasteiger partial charge in [0.05, 0.1) is 0 Å². The Morgan fingerprint density at radius 3 is 2.10 bits per heavy atom. The molecule has 1 rings (SSSR count). The zero-order valence-corrected chi connectivity index (χ0v) is 15.0. The van der Waals surface area contributed by atoms with Crippen molar-refractivity contribution in [1.82, 2.24) is 0 Å². The fourth-order valence-electron chi connectivity index (χ4n) is 4.16. The Balaban J connectivity index is 2.68. The summed E-state index contributed by atoms with van der Waals surface area (Å²) < 4.78 is 0. The number of hydrogen-bond acceptors (Lipinski definition) is 0. The van der Waals surface area contributed by atoms with Gasteiger partial charge in [-0.3, -0.25) is 0 Å². The van der Waals surface area contributed by atoms with E-state index in [4.69, 9.17) is 0 Å². The molecule has 120 valence electrons. The molecule has 0 bridgehead atoms. The van der Waals surface area contributed by atoms with Gasteiger partial charge in [0.15, 0.2) is 0 Å².